The number of pyridine rings is 1. The van der Waals surface area contributed by atoms with Crippen molar-refractivity contribution in [1.29, 1.82) is 0 Å². The highest BCUT2D eigenvalue weighted by Crippen LogP contribution is 2.18. The fourth-order valence-electron chi connectivity index (χ4n) is 2.98. The van der Waals surface area contributed by atoms with E-state index < -0.39 is 10.9 Å². The summed E-state index contributed by atoms with van der Waals surface area (Å²) in [6.45, 7) is 0.464. The van der Waals surface area contributed by atoms with Crippen molar-refractivity contribution in [2.75, 3.05) is 0 Å². The van der Waals surface area contributed by atoms with Crippen LogP contribution in [0.5, 0.6) is 5.75 Å². The number of ether oxygens (including phenoxy) is 1. The summed E-state index contributed by atoms with van der Waals surface area (Å²) in [5.41, 5.74) is 4.04. The first-order valence-electron chi connectivity index (χ1n) is 9.32. The van der Waals surface area contributed by atoms with Crippen LogP contribution in [-0.2, 0) is 24.0 Å². The first-order chi connectivity index (χ1) is 14.7. The van der Waals surface area contributed by atoms with E-state index in [9.17, 15) is 8.42 Å². The number of fused-ring (bicyclic) bond motifs is 1. The Morgan fingerprint density at radius 2 is 1.80 bits per heavy atom. The van der Waals surface area contributed by atoms with Gasteiger partial charge in [-0.3, -0.25) is 4.40 Å². The molecular weight excluding hydrogens is 398 g/mol. The van der Waals surface area contributed by atoms with Gasteiger partial charge in [-0.25, -0.2) is 18.1 Å². The molecular formula is C23H19N3O3S. The fourth-order valence-corrected chi connectivity index (χ4v) is 3.29. The zero-order valence-electron chi connectivity index (χ0n) is 16.0. The van der Waals surface area contributed by atoms with Crippen LogP contribution < -0.4 is 9.46 Å². The van der Waals surface area contributed by atoms with E-state index >= 15 is 0 Å². The summed E-state index contributed by atoms with van der Waals surface area (Å²) < 4.78 is 31.7. The minimum atomic E-state index is -2.64. The Kier molecular flexibility index (Phi) is 6.09. The smallest absolute Gasteiger partial charge is 0.201 e. The molecule has 4 rings (SSSR count). The molecule has 0 atom stereocenters. The summed E-state index contributed by atoms with van der Waals surface area (Å²) in [5.74, 6) is 7.04. The number of thiol groups is 1. The lowest BCUT2D eigenvalue weighted by Crippen LogP contribution is -2.10. The fraction of sp³-hybridized carbons (Fsp3) is 0.0870. The number of benzene rings is 2. The Bertz CT molecular complexity index is 1290. The summed E-state index contributed by atoms with van der Waals surface area (Å²) >= 11 is 0. The maximum atomic E-state index is 10.7. The van der Waals surface area contributed by atoms with Crippen LogP contribution >= 0.6 is 0 Å². The van der Waals surface area contributed by atoms with E-state index in [2.05, 4.69) is 21.5 Å². The van der Waals surface area contributed by atoms with Crippen molar-refractivity contribution in [2.24, 2.45) is 0 Å². The first-order valence-corrected chi connectivity index (χ1v) is 10.5. The maximum Gasteiger partial charge on any atom is 0.201 e. The molecule has 0 aliphatic rings. The van der Waals surface area contributed by atoms with Crippen LogP contribution in [0.25, 0.3) is 5.65 Å². The number of aromatic nitrogens is 2. The highest BCUT2D eigenvalue weighted by Gasteiger charge is 2.11. The summed E-state index contributed by atoms with van der Waals surface area (Å²) in [7, 11) is -2.64. The number of imidazole rings is 1. The third-order valence-electron chi connectivity index (χ3n) is 4.39. The van der Waals surface area contributed by atoms with Crippen LogP contribution in [0.3, 0.4) is 0 Å². The van der Waals surface area contributed by atoms with E-state index in [1.54, 1.807) is 6.07 Å². The van der Waals surface area contributed by atoms with Gasteiger partial charge in [0.25, 0.3) is 0 Å². The number of hydrogen-bond acceptors (Lipinski definition) is 4. The molecule has 0 saturated carbocycles. The molecule has 0 amide bonds. The summed E-state index contributed by atoms with van der Waals surface area (Å²) in [6.07, 6.45) is 1.93. The largest absolute Gasteiger partial charge is 0.487 e. The maximum absolute atomic E-state index is 10.7. The third kappa shape index (κ3) is 4.87. The van der Waals surface area contributed by atoms with Gasteiger partial charge in [0, 0.05) is 18.3 Å². The molecule has 6 nitrogen and oxygen atoms in total. The SMILES string of the molecule is O=[SH](=O)NCc1cccc(OCc2nc3ccccn3c2C#Cc2ccccc2)c1. The highest BCUT2D eigenvalue weighted by atomic mass is 32.2. The Hall–Kier alpha value is -3.60. The van der Waals surface area contributed by atoms with Gasteiger partial charge in [0.15, 0.2) is 0 Å². The molecule has 4 aromatic rings. The molecule has 0 saturated heterocycles. The lowest BCUT2D eigenvalue weighted by atomic mass is 10.2. The van der Waals surface area contributed by atoms with E-state index in [0.29, 0.717) is 5.75 Å². The molecule has 2 aromatic heterocycles. The van der Waals surface area contributed by atoms with Crippen LogP contribution in [-0.4, -0.2) is 17.8 Å². The van der Waals surface area contributed by atoms with Crippen molar-refractivity contribution in [3.63, 3.8) is 0 Å². The molecule has 1 N–H and O–H groups in total. The minimum Gasteiger partial charge on any atom is -0.487 e. The van der Waals surface area contributed by atoms with Crippen LogP contribution in [0, 0.1) is 11.8 Å². The quantitative estimate of drug-likeness (QED) is 0.374. The second-order valence-corrected chi connectivity index (χ2v) is 7.31. The molecule has 2 aromatic carbocycles. The van der Waals surface area contributed by atoms with Gasteiger partial charge in [-0.15, -0.1) is 0 Å². The monoisotopic (exact) mass is 417 g/mol. The van der Waals surface area contributed by atoms with Gasteiger partial charge in [-0.05, 0) is 47.9 Å². The van der Waals surface area contributed by atoms with Crippen LogP contribution in [0.15, 0.2) is 79.0 Å². The van der Waals surface area contributed by atoms with Gasteiger partial charge in [-0.2, -0.15) is 0 Å². The lowest BCUT2D eigenvalue weighted by molar-refractivity contribution is 0.301. The molecule has 0 aliphatic heterocycles. The van der Waals surface area contributed by atoms with Gasteiger partial charge in [0.2, 0.25) is 10.9 Å². The topological polar surface area (TPSA) is 72.7 Å². The minimum absolute atomic E-state index is 0.220. The molecule has 0 unspecified atom stereocenters. The molecule has 0 spiro atoms. The Morgan fingerprint density at radius 1 is 0.967 bits per heavy atom. The van der Waals surface area contributed by atoms with Crippen LogP contribution in [0.4, 0.5) is 0 Å². The number of rotatable bonds is 6. The molecule has 7 heteroatoms. The van der Waals surface area contributed by atoms with Crippen LogP contribution in [0.1, 0.15) is 22.5 Å². The predicted molar refractivity (Wildman–Crippen MR) is 116 cm³/mol. The zero-order valence-corrected chi connectivity index (χ0v) is 16.9. The Balaban J connectivity index is 1.59. The standard InChI is InChI=1S/C23H19N3O3S/c27-30(28)24-16-19-9-6-10-20(15-19)29-17-21-22(13-12-18-7-2-1-3-8-18)26-14-5-4-11-23(26)25-21/h1-11,14-15,30H,16-17H2,(H,24,27,28). The lowest BCUT2D eigenvalue weighted by Gasteiger charge is -2.07. The van der Waals surface area contributed by atoms with Crippen LogP contribution in [0.2, 0.25) is 0 Å². The van der Waals surface area contributed by atoms with E-state index in [0.717, 1.165) is 28.2 Å². The number of hydrogen-bond donors (Lipinski definition) is 2. The molecule has 0 bridgehead atoms. The molecule has 0 aliphatic carbocycles. The molecule has 0 fully saturated rings. The van der Waals surface area contributed by atoms with Gasteiger partial charge in [-0.1, -0.05) is 42.3 Å². The predicted octanol–water partition coefficient (Wildman–Crippen LogP) is 2.93. The van der Waals surface area contributed by atoms with E-state index in [1.807, 2.05) is 77.3 Å². The average molecular weight is 417 g/mol. The van der Waals surface area contributed by atoms with Crippen molar-refractivity contribution < 1.29 is 13.2 Å². The molecule has 0 radical (unpaired) electrons. The van der Waals surface area contributed by atoms with Crippen molar-refractivity contribution in [1.82, 2.24) is 14.1 Å². The summed E-state index contributed by atoms with van der Waals surface area (Å²) in [4.78, 5) is 4.67. The number of nitrogens with one attached hydrogen (secondary N) is 1. The summed E-state index contributed by atoms with van der Waals surface area (Å²) in [6, 6.07) is 22.9. The zero-order chi connectivity index (χ0) is 20.8. The third-order valence-corrected chi connectivity index (χ3v) is 4.80. The van der Waals surface area contributed by atoms with E-state index in [1.165, 1.54) is 0 Å². The number of nitrogens with zero attached hydrogens (tertiary/aromatic N) is 2. The van der Waals surface area contributed by atoms with Crippen molar-refractivity contribution in [2.45, 2.75) is 13.2 Å². The Labute approximate surface area is 176 Å². The Morgan fingerprint density at radius 3 is 2.63 bits per heavy atom. The molecule has 150 valence electrons. The van der Waals surface area contributed by atoms with Crippen molar-refractivity contribution >= 4 is 16.5 Å². The van der Waals surface area contributed by atoms with Gasteiger partial charge in [0.1, 0.15) is 29.4 Å². The van der Waals surface area contributed by atoms with E-state index in [-0.39, 0.29) is 13.2 Å². The summed E-state index contributed by atoms with van der Waals surface area (Å²) in [5, 5.41) is 0. The van der Waals surface area contributed by atoms with Gasteiger partial charge in [0.05, 0.1) is 0 Å². The van der Waals surface area contributed by atoms with Crippen molar-refractivity contribution in [3.8, 4) is 17.6 Å². The second-order valence-electron chi connectivity index (χ2n) is 6.48. The van der Waals surface area contributed by atoms with Gasteiger partial charge >= 0.3 is 0 Å². The van der Waals surface area contributed by atoms with Gasteiger partial charge < -0.3 is 4.74 Å². The molecule has 2 heterocycles. The van der Waals surface area contributed by atoms with E-state index in [4.69, 9.17) is 4.74 Å². The highest BCUT2D eigenvalue weighted by molar-refractivity contribution is 7.70. The first kappa shape index (κ1) is 19.7. The molecule has 30 heavy (non-hydrogen) atoms. The second kappa shape index (κ2) is 9.27. The van der Waals surface area contributed by atoms with Crippen molar-refractivity contribution in [3.05, 3.63) is 102 Å². The average Bonchev–Trinajstić information content (AvgIpc) is 3.13. The normalized spacial score (nSPS) is 10.7.